The molecule has 0 bridgehead atoms. The number of rotatable bonds is 9. The maximum atomic E-state index is 13.5. The zero-order valence-electron chi connectivity index (χ0n) is 25.3. The number of alkyl carbamates (subject to hydrolysis) is 1. The molecule has 0 spiro atoms. The van der Waals surface area contributed by atoms with Gasteiger partial charge in [-0.25, -0.2) is 4.79 Å². The first-order valence-corrected chi connectivity index (χ1v) is 16.3. The highest BCUT2D eigenvalue weighted by Gasteiger charge is 2.49. The summed E-state index contributed by atoms with van der Waals surface area (Å²) in [5, 5.41) is 5.03. The Kier molecular flexibility index (Phi) is 10.4. The van der Waals surface area contributed by atoms with Crippen molar-refractivity contribution in [1.82, 2.24) is 10.4 Å². The van der Waals surface area contributed by atoms with Gasteiger partial charge in [-0.15, -0.1) is 6.58 Å². The van der Waals surface area contributed by atoms with Crippen LogP contribution in [-0.2, 0) is 14.0 Å². The fourth-order valence-corrected chi connectivity index (χ4v) is 8.54. The number of carbonyl (C=O) groups is 2. The molecule has 2 rings (SSSR count). The Morgan fingerprint density at radius 3 is 2.24 bits per heavy atom. The molecule has 8 heteroatoms. The molecule has 1 aliphatic heterocycles. The first-order chi connectivity index (χ1) is 17.3. The van der Waals surface area contributed by atoms with Gasteiger partial charge in [0.15, 0.2) is 0 Å². The van der Waals surface area contributed by atoms with E-state index in [1.54, 1.807) is 6.08 Å². The third kappa shape index (κ3) is 9.86. The molecular weight excluding hydrogens is 496 g/mol. The Labute approximate surface area is 231 Å². The van der Waals surface area contributed by atoms with Gasteiger partial charge >= 0.3 is 20.0 Å². The van der Waals surface area contributed by atoms with Gasteiger partial charge in [0.05, 0.1) is 12.1 Å². The van der Waals surface area contributed by atoms with Gasteiger partial charge in [-0.3, -0.25) is 4.79 Å². The number of nitrogens with zero attached hydrogens (tertiary/aromatic N) is 1. The number of ether oxygens (including phenoxy) is 2. The Morgan fingerprint density at radius 2 is 1.68 bits per heavy atom. The van der Waals surface area contributed by atoms with Crippen LogP contribution in [0.2, 0.25) is 12.6 Å². The van der Waals surface area contributed by atoms with Crippen LogP contribution in [0.5, 0.6) is 0 Å². The second kappa shape index (κ2) is 12.3. The van der Waals surface area contributed by atoms with Crippen molar-refractivity contribution in [2.24, 2.45) is 5.41 Å². The van der Waals surface area contributed by atoms with Gasteiger partial charge < -0.3 is 19.3 Å². The molecule has 0 aliphatic carbocycles. The van der Waals surface area contributed by atoms with E-state index < -0.39 is 25.6 Å². The first-order valence-electron chi connectivity index (χ1n) is 13.7. The maximum absolute atomic E-state index is 13.5. The smallest absolute Gasteiger partial charge is 0.408 e. The van der Waals surface area contributed by atoms with Crippen LogP contribution in [0.25, 0.3) is 0 Å². The highest BCUT2D eigenvalue weighted by molar-refractivity contribution is 6.99. The highest BCUT2D eigenvalue weighted by Crippen LogP contribution is 2.40. The van der Waals surface area contributed by atoms with E-state index in [0.717, 1.165) is 30.5 Å². The number of amides is 1. The van der Waals surface area contributed by atoms with Crippen molar-refractivity contribution in [3.8, 4) is 0 Å². The minimum Gasteiger partial charge on any atom is -0.462 e. The number of benzene rings is 1. The van der Waals surface area contributed by atoms with Crippen LogP contribution in [0.15, 0.2) is 36.9 Å². The van der Waals surface area contributed by atoms with Crippen LogP contribution in [0, 0.1) is 5.41 Å². The Hall–Kier alpha value is -2.16. The van der Waals surface area contributed by atoms with Crippen molar-refractivity contribution in [2.45, 2.75) is 117 Å². The molecule has 0 aromatic heterocycles. The molecule has 3 atom stereocenters. The summed E-state index contributed by atoms with van der Waals surface area (Å²) in [5.74, 6) is 0. The van der Waals surface area contributed by atoms with E-state index in [9.17, 15) is 9.59 Å². The lowest BCUT2D eigenvalue weighted by Gasteiger charge is -2.38. The van der Waals surface area contributed by atoms with Crippen molar-refractivity contribution >= 4 is 20.0 Å². The lowest BCUT2D eigenvalue weighted by Crippen LogP contribution is -2.53. The van der Waals surface area contributed by atoms with Gasteiger partial charge in [0, 0.05) is 6.54 Å². The van der Waals surface area contributed by atoms with E-state index in [-0.39, 0.29) is 23.1 Å². The summed E-state index contributed by atoms with van der Waals surface area (Å²) in [6.45, 7) is 24.2. The van der Waals surface area contributed by atoms with E-state index in [0.29, 0.717) is 12.5 Å². The normalized spacial score (nSPS) is 19.4. The van der Waals surface area contributed by atoms with Crippen LogP contribution >= 0.6 is 0 Å². The quantitative estimate of drug-likeness (QED) is 0.249. The summed E-state index contributed by atoms with van der Waals surface area (Å²) < 4.78 is 18.2. The molecule has 1 heterocycles. The number of nitrogens with one attached hydrogen (secondary N) is 1. The molecule has 38 heavy (non-hydrogen) atoms. The van der Waals surface area contributed by atoms with Crippen LogP contribution in [0.3, 0.4) is 0 Å². The molecule has 1 fully saturated rings. The average molecular weight is 547 g/mol. The molecule has 0 saturated carbocycles. The minimum absolute atomic E-state index is 0.0480. The third-order valence-electron chi connectivity index (χ3n) is 6.04. The monoisotopic (exact) mass is 546 g/mol. The molecule has 1 saturated heterocycles. The summed E-state index contributed by atoms with van der Waals surface area (Å²) >= 11 is 0. The fourth-order valence-electron chi connectivity index (χ4n) is 4.97. The SMILES string of the molecule is C=CC[C@H](NC(=O)OC(C)(C)C)c1ccccc1C1CCCN1O[Si](C)(CC(C)(C)C)C(=O)OC(C)(C)C. The van der Waals surface area contributed by atoms with Gasteiger partial charge in [-0.05, 0) is 89.9 Å². The molecule has 214 valence electrons. The Bertz CT molecular complexity index is 976. The minimum atomic E-state index is -2.99. The van der Waals surface area contributed by atoms with Crippen LogP contribution in [-0.4, -0.2) is 42.8 Å². The summed E-state index contributed by atoms with van der Waals surface area (Å²) in [7, 11) is -2.99. The zero-order valence-corrected chi connectivity index (χ0v) is 26.3. The first kappa shape index (κ1) is 32.1. The summed E-state index contributed by atoms with van der Waals surface area (Å²) in [6, 6.07) is 8.40. The summed E-state index contributed by atoms with van der Waals surface area (Å²) in [4.78, 5) is 26.2. The van der Waals surface area contributed by atoms with E-state index in [4.69, 9.17) is 14.0 Å². The third-order valence-corrected chi connectivity index (χ3v) is 9.38. The van der Waals surface area contributed by atoms with Crippen LogP contribution < -0.4 is 5.32 Å². The molecule has 1 aliphatic rings. The van der Waals surface area contributed by atoms with Crippen molar-refractivity contribution in [3.05, 3.63) is 48.0 Å². The topological polar surface area (TPSA) is 77.1 Å². The van der Waals surface area contributed by atoms with Gasteiger partial charge in [-0.2, -0.15) is 5.06 Å². The predicted octanol–water partition coefficient (Wildman–Crippen LogP) is 8.04. The summed E-state index contributed by atoms with van der Waals surface area (Å²) in [6.07, 6.45) is 3.72. The largest absolute Gasteiger partial charge is 0.462 e. The van der Waals surface area contributed by atoms with Crippen molar-refractivity contribution in [2.75, 3.05) is 6.54 Å². The number of carbonyl (C=O) groups excluding carboxylic acids is 2. The van der Waals surface area contributed by atoms with Crippen LogP contribution in [0.1, 0.15) is 105 Å². The molecule has 7 nitrogen and oxygen atoms in total. The Balaban J connectivity index is 2.40. The van der Waals surface area contributed by atoms with E-state index in [1.807, 2.05) is 71.4 Å². The van der Waals surface area contributed by atoms with E-state index >= 15 is 0 Å². The Morgan fingerprint density at radius 1 is 1.08 bits per heavy atom. The number of hydrogen-bond acceptors (Lipinski definition) is 6. The lowest BCUT2D eigenvalue weighted by molar-refractivity contribution is -0.0855. The molecule has 0 radical (unpaired) electrons. The predicted molar refractivity (Wildman–Crippen MR) is 155 cm³/mol. The number of hydroxylamine groups is 2. The van der Waals surface area contributed by atoms with E-state index in [2.05, 4.69) is 38.7 Å². The average Bonchev–Trinajstić information content (AvgIpc) is 3.17. The maximum Gasteiger partial charge on any atom is 0.408 e. The second-order valence-corrected chi connectivity index (χ2v) is 17.1. The molecule has 1 aromatic carbocycles. The molecule has 1 amide bonds. The van der Waals surface area contributed by atoms with Gasteiger partial charge in [0.25, 0.3) is 0 Å². The van der Waals surface area contributed by atoms with Crippen molar-refractivity contribution in [3.63, 3.8) is 0 Å². The van der Waals surface area contributed by atoms with Gasteiger partial charge in [0.2, 0.25) is 0 Å². The molecule has 2 unspecified atom stereocenters. The lowest BCUT2D eigenvalue weighted by atomic mass is 9.92. The highest BCUT2D eigenvalue weighted by atomic mass is 28.4. The van der Waals surface area contributed by atoms with Crippen molar-refractivity contribution < 1.29 is 23.6 Å². The zero-order chi connectivity index (χ0) is 28.9. The fraction of sp³-hybridized carbons (Fsp3) is 0.667. The molecular formula is C30H50N2O5Si. The molecule has 1 aromatic rings. The van der Waals surface area contributed by atoms with Crippen molar-refractivity contribution in [1.29, 1.82) is 0 Å². The van der Waals surface area contributed by atoms with Gasteiger partial charge in [0.1, 0.15) is 11.2 Å². The molecule has 1 N–H and O–H groups in total. The standard InChI is InChI=1S/C30H50N2O5Si/c1-12-16-24(31-26(33)35-29(5,6)7)22-17-13-14-18-23(22)25-19-15-20-32(25)37-38(11,21-28(2,3)4)27(34)36-30(8,9)10/h12-14,17-18,24-25H,1,15-16,19-21H2,2-11H3,(H,31,33)/t24-,25?,38?/m0/s1. The van der Waals surface area contributed by atoms with Crippen LogP contribution in [0.4, 0.5) is 9.59 Å². The van der Waals surface area contributed by atoms with Gasteiger partial charge in [-0.1, -0.05) is 51.1 Å². The van der Waals surface area contributed by atoms with E-state index in [1.165, 1.54) is 0 Å². The second-order valence-electron chi connectivity index (χ2n) is 13.7. The summed E-state index contributed by atoms with van der Waals surface area (Å²) in [5.41, 5.74) is 0.559. The number of hydrogen-bond donors (Lipinski definition) is 1.